The van der Waals surface area contributed by atoms with Crippen LogP contribution in [0.25, 0.3) is 0 Å². The van der Waals surface area contributed by atoms with E-state index in [1.165, 1.54) is 30.3 Å². The maximum atomic E-state index is 14.7. The van der Waals surface area contributed by atoms with Crippen molar-refractivity contribution in [3.63, 3.8) is 0 Å². The summed E-state index contributed by atoms with van der Waals surface area (Å²) in [4.78, 5) is 13.1. The molecule has 0 spiro atoms. The second kappa shape index (κ2) is 10.6. The standard InChI is InChI=1S/C26H29FN2O3S/c1-19(2)17-24(21-9-5-4-6-10-21)28-26(30)18-29(25-12-8-7-11-23(25)27)33(31,32)22-15-13-20(3)14-16-22/h4-16,19,24H,17-18H2,1-3H3,(H,28,30)/t24-/m0/s1. The van der Waals surface area contributed by atoms with E-state index in [4.69, 9.17) is 0 Å². The van der Waals surface area contributed by atoms with Crippen LogP contribution in [-0.2, 0) is 14.8 Å². The first-order chi connectivity index (χ1) is 15.7. The molecule has 1 amide bonds. The third-order valence-electron chi connectivity index (χ3n) is 5.26. The summed E-state index contributed by atoms with van der Waals surface area (Å²) in [7, 11) is -4.18. The first-order valence-corrected chi connectivity index (χ1v) is 12.3. The Balaban J connectivity index is 1.94. The predicted molar refractivity (Wildman–Crippen MR) is 129 cm³/mol. The minimum atomic E-state index is -4.18. The second-order valence-electron chi connectivity index (χ2n) is 8.44. The summed E-state index contributed by atoms with van der Waals surface area (Å²) >= 11 is 0. The summed E-state index contributed by atoms with van der Waals surface area (Å²) in [5.74, 6) is -0.930. The van der Waals surface area contributed by atoms with E-state index in [0.717, 1.165) is 15.4 Å². The third-order valence-corrected chi connectivity index (χ3v) is 7.04. The van der Waals surface area contributed by atoms with Crippen molar-refractivity contribution in [3.8, 4) is 0 Å². The summed E-state index contributed by atoms with van der Waals surface area (Å²) in [5.41, 5.74) is 1.65. The number of para-hydroxylation sites is 1. The van der Waals surface area contributed by atoms with Gasteiger partial charge >= 0.3 is 0 Å². The number of rotatable bonds is 9. The number of carbonyl (C=O) groups is 1. The molecule has 1 N–H and O–H groups in total. The molecule has 1 atom stereocenters. The number of amides is 1. The summed E-state index contributed by atoms with van der Waals surface area (Å²) in [6, 6.07) is 21.0. The van der Waals surface area contributed by atoms with Crippen LogP contribution in [0.1, 0.15) is 37.4 Å². The fraction of sp³-hybridized carbons (Fsp3) is 0.269. The number of aryl methyl sites for hydroxylation is 1. The lowest BCUT2D eigenvalue weighted by atomic mass is 9.97. The lowest BCUT2D eigenvalue weighted by molar-refractivity contribution is -0.120. The Hall–Kier alpha value is -3.19. The molecule has 0 aromatic heterocycles. The molecular formula is C26H29FN2O3S. The molecule has 0 radical (unpaired) electrons. The summed E-state index contributed by atoms with van der Waals surface area (Å²) in [6.07, 6.45) is 0.681. The van der Waals surface area contributed by atoms with E-state index in [1.54, 1.807) is 18.2 Å². The molecule has 0 heterocycles. The number of halogens is 1. The lowest BCUT2D eigenvalue weighted by Crippen LogP contribution is -2.42. The van der Waals surface area contributed by atoms with Crippen molar-refractivity contribution in [2.75, 3.05) is 10.8 Å². The molecule has 5 nitrogen and oxygen atoms in total. The first-order valence-electron chi connectivity index (χ1n) is 10.9. The quantitative estimate of drug-likeness (QED) is 0.467. The minimum absolute atomic E-state index is 0.00839. The van der Waals surface area contributed by atoms with E-state index in [9.17, 15) is 17.6 Å². The molecule has 0 saturated carbocycles. The van der Waals surface area contributed by atoms with Gasteiger partial charge in [0, 0.05) is 0 Å². The van der Waals surface area contributed by atoms with Crippen LogP contribution in [-0.4, -0.2) is 20.9 Å². The first kappa shape index (κ1) is 24.5. The van der Waals surface area contributed by atoms with Gasteiger partial charge in [0.1, 0.15) is 12.4 Å². The van der Waals surface area contributed by atoms with Gasteiger partial charge in [-0.15, -0.1) is 0 Å². The molecule has 33 heavy (non-hydrogen) atoms. The van der Waals surface area contributed by atoms with Crippen LogP contribution in [0.4, 0.5) is 10.1 Å². The molecule has 3 aromatic carbocycles. The highest BCUT2D eigenvalue weighted by Gasteiger charge is 2.30. The Morgan fingerprint density at radius 3 is 2.15 bits per heavy atom. The highest BCUT2D eigenvalue weighted by atomic mass is 32.2. The molecule has 0 fully saturated rings. The maximum Gasteiger partial charge on any atom is 0.264 e. The monoisotopic (exact) mass is 468 g/mol. The van der Waals surface area contributed by atoms with E-state index in [0.29, 0.717) is 12.3 Å². The SMILES string of the molecule is Cc1ccc(S(=O)(=O)N(CC(=O)N[C@@H](CC(C)C)c2ccccc2)c2ccccc2F)cc1. The van der Waals surface area contributed by atoms with Crippen LogP contribution >= 0.6 is 0 Å². The van der Waals surface area contributed by atoms with E-state index >= 15 is 0 Å². The fourth-order valence-corrected chi connectivity index (χ4v) is 5.03. The van der Waals surface area contributed by atoms with Crippen molar-refractivity contribution >= 4 is 21.6 Å². The fourth-order valence-electron chi connectivity index (χ4n) is 3.60. The van der Waals surface area contributed by atoms with Crippen molar-refractivity contribution in [2.45, 2.75) is 38.1 Å². The largest absolute Gasteiger partial charge is 0.348 e. The summed E-state index contributed by atoms with van der Waals surface area (Å²) < 4.78 is 42.4. The summed E-state index contributed by atoms with van der Waals surface area (Å²) in [6.45, 7) is 5.40. The Bertz CT molecular complexity index is 1180. The molecule has 3 aromatic rings. The number of nitrogens with zero attached hydrogens (tertiary/aromatic N) is 1. The maximum absolute atomic E-state index is 14.7. The number of carbonyl (C=O) groups excluding carboxylic acids is 1. The molecular weight excluding hydrogens is 439 g/mol. The van der Waals surface area contributed by atoms with Gasteiger partial charge < -0.3 is 5.32 Å². The van der Waals surface area contributed by atoms with Gasteiger partial charge in [-0.25, -0.2) is 12.8 Å². The van der Waals surface area contributed by atoms with Crippen LogP contribution in [0.2, 0.25) is 0 Å². The third kappa shape index (κ3) is 6.20. The van der Waals surface area contributed by atoms with Crippen LogP contribution in [0.5, 0.6) is 0 Å². The predicted octanol–water partition coefficient (Wildman–Crippen LogP) is 5.23. The van der Waals surface area contributed by atoms with Gasteiger partial charge in [-0.05, 0) is 49.1 Å². The van der Waals surface area contributed by atoms with Gasteiger partial charge in [0.05, 0.1) is 16.6 Å². The van der Waals surface area contributed by atoms with E-state index in [2.05, 4.69) is 19.2 Å². The van der Waals surface area contributed by atoms with E-state index in [-0.39, 0.29) is 16.6 Å². The van der Waals surface area contributed by atoms with Gasteiger partial charge in [0.25, 0.3) is 10.0 Å². The number of anilines is 1. The zero-order valence-corrected chi connectivity index (χ0v) is 19.8. The Kier molecular flexibility index (Phi) is 7.87. The minimum Gasteiger partial charge on any atom is -0.348 e. The zero-order valence-electron chi connectivity index (χ0n) is 19.0. The smallest absolute Gasteiger partial charge is 0.264 e. The van der Waals surface area contributed by atoms with Crippen molar-refractivity contribution < 1.29 is 17.6 Å². The number of hydrogen-bond donors (Lipinski definition) is 1. The van der Waals surface area contributed by atoms with Gasteiger partial charge in [-0.1, -0.05) is 74.0 Å². The molecule has 174 valence electrons. The van der Waals surface area contributed by atoms with Crippen molar-refractivity contribution in [3.05, 3.63) is 95.8 Å². The van der Waals surface area contributed by atoms with Crippen molar-refractivity contribution in [2.24, 2.45) is 5.92 Å². The van der Waals surface area contributed by atoms with Gasteiger partial charge in [-0.2, -0.15) is 0 Å². The van der Waals surface area contributed by atoms with Crippen LogP contribution in [0.15, 0.2) is 83.8 Å². The molecule has 3 rings (SSSR count). The average Bonchev–Trinajstić information content (AvgIpc) is 2.78. The molecule has 0 aliphatic heterocycles. The molecule has 7 heteroatoms. The highest BCUT2D eigenvalue weighted by molar-refractivity contribution is 7.92. The van der Waals surface area contributed by atoms with Crippen LogP contribution in [0.3, 0.4) is 0 Å². The average molecular weight is 469 g/mol. The van der Waals surface area contributed by atoms with Crippen LogP contribution in [0, 0.1) is 18.7 Å². The zero-order chi connectivity index (χ0) is 24.0. The van der Waals surface area contributed by atoms with Crippen molar-refractivity contribution in [1.82, 2.24) is 5.32 Å². The highest BCUT2D eigenvalue weighted by Crippen LogP contribution is 2.27. The lowest BCUT2D eigenvalue weighted by Gasteiger charge is -2.27. The molecule has 0 unspecified atom stereocenters. The number of sulfonamides is 1. The molecule has 0 saturated heterocycles. The van der Waals surface area contributed by atoms with E-state index < -0.39 is 28.3 Å². The molecule has 0 aliphatic carbocycles. The van der Waals surface area contributed by atoms with E-state index in [1.807, 2.05) is 37.3 Å². The Morgan fingerprint density at radius 2 is 1.55 bits per heavy atom. The van der Waals surface area contributed by atoms with Gasteiger partial charge in [0.2, 0.25) is 5.91 Å². The van der Waals surface area contributed by atoms with Crippen LogP contribution < -0.4 is 9.62 Å². The summed E-state index contributed by atoms with van der Waals surface area (Å²) in [5, 5.41) is 2.95. The number of hydrogen-bond acceptors (Lipinski definition) is 3. The molecule has 0 bridgehead atoms. The van der Waals surface area contributed by atoms with Gasteiger partial charge in [-0.3, -0.25) is 9.10 Å². The van der Waals surface area contributed by atoms with Crippen molar-refractivity contribution in [1.29, 1.82) is 0 Å². The number of benzene rings is 3. The Labute approximate surface area is 195 Å². The number of nitrogens with one attached hydrogen (secondary N) is 1. The van der Waals surface area contributed by atoms with Gasteiger partial charge in [0.15, 0.2) is 0 Å². The Morgan fingerprint density at radius 1 is 0.939 bits per heavy atom. The second-order valence-corrected chi connectivity index (χ2v) is 10.3. The topological polar surface area (TPSA) is 66.5 Å². The molecule has 0 aliphatic rings. The normalized spacial score (nSPS) is 12.4.